The molecule has 0 unspecified atom stereocenters. The largest absolute Gasteiger partial charge is 0.490 e. The smallest absolute Gasteiger partial charge is 0.218 e. The molecule has 1 N–H and O–H groups in total. The molecule has 0 fully saturated rings. The van der Waals surface area contributed by atoms with Gasteiger partial charge in [-0.3, -0.25) is 0 Å². The van der Waals surface area contributed by atoms with Gasteiger partial charge >= 0.3 is 0 Å². The van der Waals surface area contributed by atoms with Crippen molar-refractivity contribution in [3.8, 4) is 11.6 Å². The molecule has 0 saturated heterocycles. The summed E-state index contributed by atoms with van der Waals surface area (Å²) in [6.45, 7) is 4.66. The van der Waals surface area contributed by atoms with Crippen molar-refractivity contribution in [1.82, 2.24) is 10.3 Å². The van der Waals surface area contributed by atoms with E-state index in [4.69, 9.17) is 9.47 Å². The van der Waals surface area contributed by atoms with Gasteiger partial charge in [-0.05, 0) is 40.7 Å². The van der Waals surface area contributed by atoms with E-state index in [-0.39, 0.29) is 0 Å². The molecule has 0 aliphatic heterocycles. The van der Waals surface area contributed by atoms with E-state index in [0.29, 0.717) is 19.1 Å². The molecule has 2 rings (SSSR count). The molecule has 1 aromatic carbocycles. The van der Waals surface area contributed by atoms with Gasteiger partial charge in [-0.2, -0.15) is 0 Å². The lowest BCUT2D eigenvalue weighted by Crippen LogP contribution is -2.15. The summed E-state index contributed by atoms with van der Waals surface area (Å²) in [6, 6.07) is 11.7. The molecule has 21 heavy (non-hydrogen) atoms. The predicted molar refractivity (Wildman–Crippen MR) is 86.7 cm³/mol. The summed E-state index contributed by atoms with van der Waals surface area (Å²) in [5.74, 6) is 1.49. The Bertz CT molecular complexity index is 549. The van der Waals surface area contributed by atoms with Crippen molar-refractivity contribution in [2.75, 3.05) is 19.8 Å². The van der Waals surface area contributed by atoms with Crippen LogP contribution in [0.15, 0.2) is 47.1 Å². The van der Waals surface area contributed by atoms with Crippen LogP contribution in [0.4, 0.5) is 0 Å². The summed E-state index contributed by atoms with van der Waals surface area (Å²) in [5.41, 5.74) is 1.03. The van der Waals surface area contributed by atoms with Crippen molar-refractivity contribution in [3.63, 3.8) is 0 Å². The molecular formula is C16H19BrN2O2. The standard InChI is InChI=1S/C16H19BrN2O2/c1-2-18-11-13-10-14(17)12-19-16(13)21-9-8-20-15-6-4-3-5-7-15/h3-7,10,12,18H,2,8-9,11H2,1H3. The number of hydrogen-bond acceptors (Lipinski definition) is 4. The van der Waals surface area contributed by atoms with Crippen LogP contribution < -0.4 is 14.8 Å². The van der Waals surface area contributed by atoms with Crippen molar-refractivity contribution >= 4 is 15.9 Å². The second-order valence-corrected chi connectivity index (χ2v) is 5.32. The van der Waals surface area contributed by atoms with Crippen LogP contribution in [0, 0.1) is 0 Å². The fourth-order valence-electron chi connectivity index (χ4n) is 1.80. The summed E-state index contributed by atoms with van der Waals surface area (Å²) in [7, 11) is 0. The summed E-state index contributed by atoms with van der Waals surface area (Å²) >= 11 is 3.43. The molecule has 0 amide bonds. The highest BCUT2D eigenvalue weighted by molar-refractivity contribution is 9.10. The average Bonchev–Trinajstić information content (AvgIpc) is 2.52. The minimum absolute atomic E-state index is 0.461. The number of benzene rings is 1. The van der Waals surface area contributed by atoms with Gasteiger partial charge in [-0.15, -0.1) is 0 Å². The van der Waals surface area contributed by atoms with E-state index in [1.165, 1.54) is 0 Å². The van der Waals surface area contributed by atoms with E-state index in [1.54, 1.807) is 6.20 Å². The molecule has 1 heterocycles. The van der Waals surface area contributed by atoms with Crippen LogP contribution in [-0.2, 0) is 6.54 Å². The molecule has 5 heteroatoms. The molecular weight excluding hydrogens is 332 g/mol. The fourth-order valence-corrected chi connectivity index (χ4v) is 2.18. The minimum atomic E-state index is 0.461. The third kappa shape index (κ3) is 5.36. The highest BCUT2D eigenvalue weighted by Crippen LogP contribution is 2.20. The molecule has 0 spiro atoms. The number of pyridine rings is 1. The molecule has 0 atom stereocenters. The summed E-state index contributed by atoms with van der Waals surface area (Å²) in [6.07, 6.45) is 1.74. The Morgan fingerprint density at radius 3 is 2.67 bits per heavy atom. The Balaban J connectivity index is 1.84. The zero-order chi connectivity index (χ0) is 14.9. The van der Waals surface area contributed by atoms with Crippen molar-refractivity contribution in [3.05, 3.63) is 52.6 Å². The third-order valence-electron chi connectivity index (χ3n) is 2.79. The number of ether oxygens (including phenoxy) is 2. The van der Waals surface area contributed by atoms with Gasteiger partial charge in [0.25, 0.3) is 0 Å². The van der Waals surface area contributed by atoms with Crippen LogP contribution in [0.2, 0.25) is 0 Å². The van der Waals surface area contributed by atoms with Crippen LogP contribution in [0.25, 0.3) is 0 Å². The van der Waals surface area contributed by atoms with E-state index in [2.05, 4.69) is 33.2 Å². The number of hydrogen-bond donors (Lipinski definition) is 1. The third-order valence-corrected chi connectivity index (χ3v) is 3.23. The maximum Gasteiger partial charge on any atom is 0.218 e. The molecule has 0 radical (unpaired) electrons. The highest BCUT2D eigenvalue weighted by Gasteiger charge is 2.06. The van der Waals surface area contributed by atoms with Gasteiger partial charge in [0.1, 0.15) is 19.0 Å². The number of nitrogens with zero attached hydrogens (tertiary/aromatic N) is 1. The van der Waals surface area contributed by atoms with Crippen LogP contribution in [0.3, 0.4) is 0 Å². The van der Waals surface area contributed by atoms with E-state index >= 15 is 0 Å². The Morgan fingerprint density at radius 1 is 1.14 bits per heavy atom. The molecule has 112 valence electrons. The zero-order valence-electron chi connectivity index (χ0n) is 12.0. The average molecular weight is 351 g/mol. The van der Waals surface area contributed by atoms with Crippen molar-refractivity contribution in [2.24, 2.45) is 0 Å². The lowest BCUT2D eigenvalue weighted by Gasteiger charge is -2.12. The molecule has 0 bridgehead atoms. The molecule has 0 saturated carbocycles. The lowest BCUT2D eigenvalue weighted by molar-refractivity contribution is 0.210. The van der Waals surface area contributed by atoms with E-state index in [1.807, 2.05) is 36.4 Å². The predicted octanol–water partition coefficient (Wildman–Crippen LogP) is 3.41. The summed E-state index contributed by atoms with van der Waals surface area (Å²) < 4.78 is 12.3. The van der Waals surface area contributed by atoms with Crippen molar-refractivity contribution < 1.29 is 9.47 Å². The quantitative estimate of drug-likeness (QED) is 0.741. The Morgan fingerprint density at radius 2 is 1.90 bits per heavy atom. The topological polar surface area (TPSA) is 43.4 Å². The molecule has 0 aliphatic rings. The SMILES string of the molecule is CCNCc1cc(Br)cnc1OCCOc1ccccc1. The van der Waals surface area contributed by atoms with Crippen LogP contribution in [0.5, 0.6) is 11.6 Å². The normalized spacial score (nSPS) is 10.4. The molecule has 2 aromatic rings. The minimum Gasteiger partial charge on any atom is -0.490 e. The first kappa shape index (κ1) is 15.8. The second kappa shape index (κ2) is 8.64. The fraction of sp³-hybridized carbons (Fsp3) is 0.312. The molecule has 1 aromatic heterocycles. The first-order valence-corrected chi connectivity index (χ1v) is 7.74. The maximum atomic E-state index is 5.71. The zero-order valence-corrected chi connectivity index (χ0v) is 13.6. The second-order valence-electron chi connectivity index (χ2n) is 4.41. The van der Waals surface area contributed by atoms with Gasteiger partial charge in [0.15, 0.2) is 0 Å². The number of aromatic nitrogens is 1. The van der Waals surface area contributed by atoms with Crippen LogP contribution in [-0.4, -0.2) is 24.7 Å². The lowest BCUT2D eigenvalue weighted by atomic mass is 10.2. The van der Waals surface area contributed by atoms with Gasteiger partial charge in [0.2, 0.25) is 5.88 Å². The number of rotatable bonds is 8. The summed E-state index contributed by atoms with van der Waals surface area (Å²) in [4.78, 5) is 4.31. The highest BCUT2D eigenvalue weighted by atomic mass is 79.9. The Hall–Kier alpha value is -1.59. The van der Waals surface area contributed by atoms with Gasteiger partial charge in [0.05, 0.1) is 0 Å². The van der Waals surface area contributed by atoms with Gasteiger partial charge in [-0.25, -0.2) is 4.98 Å². The molecule has 0 aliphatic carbocycles. The Kier molecular flexibility index (Phi) is 6.50. The van der Waals surface area contributed by atoms with E-state index < -0.39 is 0 Å². The van der Waals surface area contributed by atoms with Gasteiger partial charge < -0.3 is 14.8 Å². The number of nitrogens with one attached hydrogen (secondary N) is 1. The monoisotopic (exact) mass is 350 g/mol. The maximum absolute atomic E-state index is 5.71. The van der Waals surface area contributed by atoms with E-state index in [9.17, 15) is 0 Å². The van der Waals surface area contributed by atoms with E-state index in [0.717, 1.165) is 28.9 Å². The Labute approximate surface area is 133 Å². The van der Waals surface area contributed by atoms with Crippen LogP contribution in [0.1, 0.15) is 12.5 Å². The van der Waals surface area contributed by atoms with Crippen molar-refractivity contribution in [1.29, 1.82) is 0 Å². The summed E-state index contributed by atoms with van der Waals surface area (Å²) in [5, 5.41) is 3.28. The first-order chi connectivity index (χ1) is 10.3. The van der Waals surface area contributed by atoms with Crippen molar-refractivity contribution in [2.45, 2.75) is 13.5 Å². The van der Waals surface area contributed by atoms with Gasteiger partial charge in [-0.1, -0.05) is 25.1 Å². The van der Waals surface area contributed by atoms with Gasteiger partial charge in [0, 0.05) is 22.8 Å². The number of halogens is 1. The first-order valence-electron chi connectivity index (χ1n) is 6.95. The van der Waals surface area contributed by atoms with Crippen LogP contribution >= 0.6 is 15.9 Å². The number of para-hydroxylation sites is 1. The molecule has 4 nitrogen and oxygen atoms in total.